The fraction of sp³-hybridized carbons (Fsp3) is 1.00. The minimum atomic E-state index is -4.08. The molecule has 1 N–H and O–H groups in total. The number of phosphoric acid groups is 1. The van der Waals surface area contributed by atoms with Gasteiger partial charge in [-0.15, -0.1) is 0 Å². The summed E-state index contributed by atoms with van der Waals surface area (Å²) in [4.78, 5) is 10.9. The van der Waals surface area contributed by atoms with Gasteiger partial charge >= 0.3 is 7.82 Å². The molecule has 4 nitrogen and oxygen atoms in total. The largest absolute Gasteiger partial charge is 0.473 e. The minimum Gasteiger partial charge on any atom is -0.302 e. The molecule has 0 heterocycles. The Morgan fingerprint density at radius 3 is 1.26 bits per heavy atom. The molecular formula is C22H39O4P. The van der Waals surface area contributed by atoms with Crippen LogP contribution in [0.2, 0.25) is 0 Å². The number of rotatable bonds is 4. The van der Waals surface area contributed by atoms with Crippen molar-refractivity contribution in [2.45, 2.75) is 103 Å². The second kappa shape index (κ2) is 7.11. The lowest BCUT2D eigenvalue weighted by atomic mass is 9.63. The zero-order valence-electron chi connectivity index (χ0n) is 17.7. The molecule has 0 aromatic carbocycles. The van der Waals surface area contributed by atoms with Gasteiger partial charge in [-0.2, -0.15) is 0 Å². The molecule has 0 aromatic rings. The molecule has 0 radical (unpaired) electrons. The van der Waals surface area contributed by atoms with Crippen molar-refractivity contribution < 1.29 is 18.5 Å². The summed E-state index contributed by atoms with van der Waals surface area (Å²) in [5.74, 6) is 3.49. The molecule has 4 aliphatic rings. The topological polar surface area (TPSA) is 55.8 Å². The molecule has 27 heavy (non-hydrogen) atoms. The molecule has 0 aromatic heterocycles. The zero-order chi connectivity index (χ0) is 19.4. The Morgan fingerprint density at radius 2 is 0.963 bits per heavy atom. The van der Waals surface area contributed by atoms with Crippen molar-refractivity contribution in [2.24, 2.45) is 35.5 Å². The maximum Gasteiger partial charge on any atom is 0.473 e. The van der Waals surface area contributed by atoms with Gasteiger partial charge in [0.15, 0.2) is 0 Å². The molecule has 4 bridgehead atoms. The van der Waals surface area contributed by atoms with Crippen LogP contribution in [-0.4, -0.2) is 16.1 Å². The highest BCUT2D eigenvalue weighted by molar-refractivity contribution is 7.47. The summed E-state index contributed by atoms with van der Waals surface area (Å²) < 4.78 is 25.5. The number of hydrogen-bond acceptors (Lipinski definition) is 3. The van der Waals surface area contributed by atoms with E-state index in [2.05, 4.69) is 27.7 Å². The van der Waals surface area contributed by atoms with E-state index in [1.165, 1.54) is 25.7 Å². The third kappa shape index (κ3) is 4.49. The van der Waals surface area contributed by atoms with Crippen molar-refractivity contribution in [1.29, 1.82) is 0 Å². The molecule has 4 saturated carbocycles. The Labute approximate surface area is 165 Å². The highest BCUT2D eigenvalue weighted by atomic mass is 31.2. The van der Waals surface area contributed by atoms with Crippen molar-refractivity contribution in [3.05, 3.63) is 0 Å². The van der Waals surface area contributed by atoms with Crippen LogP contribution in [0.1, 0.15) is 91.9 Å². The van der Waals surface area contributed by atoms with E-state index in [0.29, 0.717) is 35.5 Å². The summed E-state index contributed by atoms with van der Waals surface area (Å²) in [5, 5.41) is 0. The molecule has 4 unspecified atom stereocenters. The van der Waals surface area contributed by atoms with Gasteiger partial charge in [-0.25, -0.2) is 4.57 Å². The monoisotopic (exact) mass is 398 g/mol. The lowest BCUT2D eigenvalue weighted by Gasteiger charge is -2.52. The van der Waals surface area contributed by atoms with E-state index in [9.17, 15) is 9.46 Å². The smallest absolute Gasteiger partial charge is 0.302 e. The predicted octanol–water partition coefficient (Wildman–Crippen LogP) is 6.33. The lowest BCUT2D eigenvalue weighted by molar-refractivity contribution is -0.115. The van der Waals surface area contributed by atoms with Gasteiger partial charge in [-0.05, 0) is 99.7 Å². The maximum absolute atomic E-state index is 13.3. The van der Waals surface area contributed by atoms with Gasteiger partial charge in [0, 0.05) is 0 Å². The van der Waals surface area contributed by atoms with E-state index in [1.807, 2.05) is 0 Å². The van der Waals surface area contributed by atoms with E-state index >= 15 is 0 Å². The van der Waals surface area contributed by atoms with Crippen molar-refractivity contribution >= 4 is 7.82 Å². The Morgan fingerprint density at radius 1 is 0.667 bits per heavy atom. The molecular weight excluding hydrogens is 359 g/mol. The van der Waals surface area contributed by atoms with Crippen LogP contribution < -0.4 is 0 Å². The summed E-state index contributed by atoms with van der Waals surface area (Å²) in [7, 11) is -4.08. The van der Waals surface area contributed by atoms with Gasteiger partial charge in [0.1, 0.15) is 0 Å². The van der Waals surface area contributed by atoms with Crippen LogP contribution in [0.3, 0.4) is 0 Å². The summed E-state index contributed by atoms with van der Waals surface area (Å²) in [6.45, 7) is 9.05. The summed E-state index contributed by atoms with van der Waals surface area (Å²) in [5.41, 5.74) is -0.915. The van der Waals surface area contributed by atoms with Gasteiger partial charge in [0.2, 0.25) is 0 Å². The van der Waals surface area contributed by atoms with Crippen LogP contribution >= 0.6 is 7.82 Å². The van der Waals surface area contributed by atoms with Crippen molar-refractivity contribution in [1.82, 2.24) is 0 Å². The first kappa shape index (κ1) is 20.4. The van der Waals surface area contributed by atoms with E-state index in [-0.39, 0.29) is 0 Å². The second-order valence-electron chi connectivity index (χ2n) is 11.3. The normalized spacial score (nSPS) is 52.2. The Kier molecular flexibility index (Phi) is 5.37. The van der Waals surface area contributed by atoms with Crippen molar-refractivity contribution in [3.8, 4) is 0 Å². The molecule has 156 valence electrons. The molecule has 4 fully saturated rings. The van der Waals surface area contributed by atoms with E-state index in [4.69, 9.17) is 9.05 Å². The number of fused-ring (bicyclic) bond motifs is 4. The Bertz CT molecular complexity index is 518. The van der Waals surface area contributed by atoms with E-state index < -0.39 is 19.0 Å². The van der Waals surface area contributed by atoms with Crippen LogP contribution in [0.15, 0.2) is 0 Å². The van der Waals surface area contributed by atoms with Crippen LogP contribution in [0, 0.1) is 35.5 Å². The van der Waals surface area contributed by atoms with Crippen LogP contribution in [0.4, 0.5) is 0 Å². The summed E-state index contributed by atoms with van der Waals surface area (Å²) >= 11 is 0. The second-order valence-corrected chi connectivity index (χ2v) is 12.6. The fourth-order valence-corrected chi connectivity index (χ4v) is 9.42. The molecule has 5 heteroatoms. The average Bonchev–Trinajstić information content (AvgIpc) is 2.40. The van der Waals surface area contributed by atoms with Gasteiger partial charge in [0.05, 0.1) is 11.2 Å². The highest BCUT2D eigenvalue weighted by Gasteiger charge is 2.53. The van der Waals surface area contributed by atoms with Crippen molar-refractivity contribution in [3.63, 3.8) is 0 Å². The van der Waals surface area contributed by atoms with E-state index in [0.717, 1.165) is 38.5 Å². The molecule has 4 aliphatic carbocycles. The SMILES string of the molecule is CC1CC2CC(C)CC(OP(=O)(O)OC34CC(C)CC(CC(C)C3)C4)(C1)C2. The predicted molar refractivity (Wildman–Crippen MR) is 107 cm³/mol. The number of phosphoric ester groups is 1. The van der Waals surface area contributed by atoms with Crippen molar-refractivity contribution in [2.75, 3.05) is 0 Å². The molecule has 4 rings (SSSR count). The Hall–Kier alpha value is 0.110. The quantitative estimate of drug-likeness (QED) is 0.562. The van der Waals surface area contributed by atoms with Gasteiger partial charge in [-0.1, -0.05) is 27.7 Å². The lowest BCUT2D eigenvalue weighted by Crippen LogP contribution is -2.48. The first-order valence-electron chi connectivity index (χ1n) is 11.3. The molecule has 0 aliphatic heterocycles. The van der Waals surface area contributed by atoms with Gasteiger partial charge in [0.25, 0.3) is 0 Å². The van der Waals surface area contributed by atoms with Crippen LogP contribution in [-0.2, 0) is 13.6 Å². The van der Waals surface area contributed by atoms with E-state index in [1.54, 1.807) is 0 Å². The van der Waals surface area contributed by atoms with Gasteiger partial charge < -0.3 is 4.89 Å². The first-order valence-corrected chi connectivity index (χ1v) is 12.8. The summed E-state index contributed by atoms with van der Waals surface area (Å²) in [6.07, 6.45) is 10.3. The average molecular weight is 399 g/mol. The first-order chi connectivity index (χ1) is 12.6. The van der Waals surface area contributed by atoms with Crippen LogP contribution in [0.25, 0.3) is 0 Å². The summed E-state index contributed by atoms with van der Waals surface area (Å²) in [6, 6.07) is 0. The fourth-order valence-electron chi connectivity index (χ4n) is 7.96. The van der Waals surface area contributed by atoms with Crippen LogP contribution in [0.5, 0.6) is 0 Å². The maximum atomic E-state index is 13.3. The Balaban J connectivity index is 1.52. The molecule has 0 saturated heterocycles. The van der Waals surface area contributed by atoms with Gasteiger partial charge in [-0.3, -0.25) is 9.05 Å². The third-order valence-electron chi connectivity index (χ3n) is 7.76. The molecule has 0 spiro atoms. The third-order valence-corrected chi connectivity index (χ3v) is 9.00. The molecule has 4 atom stereocenters. The highest BCUT2D eigenvalue weighted by Crippen LogP contribution is 2.62. The molecule has 0 amide bonds. The minimum absolute atomic E-state index is 0.457. The zero-order valence-corrected chi connectivity index (χ0v) is 18.5. The number of hydrogen-bond donors (Lipinski definition) is 1. The standard InChI is InChI=1S/C22H39O4P/c1-15-5-19-6-16(2)10-21(9-15,13-19)25-27(23,24)26-22-11-17(3)7-20(14-22)8-18(4)12-22/h15-20H,5-14H2,1-4H3,(H,23,24).